The molecule has 3 N–H and O–H groups in total. The summed E-state index contributed by atoms with van der Waals surface area (Å²) in [6.45, 7) is 2.79. The van der Waals surface area contributed by atoms with Gasteiger partial charge >= 0.3 is 0 Å². The number of amides is 1. The lowest BCUT2D eigenvalue weighted by atomic mass is 10.00. The monoisotopic (exact) mass is 405 g/mol. The SMILES string of the molecule is COCCOc1ccc(CNC(=O)CN2CCCc3c(N)cccc32)cc1.Cl. The fraction of sp³-hybridized carbons (Fsp3) is 0.381. The Bertz CT molecular complexity index is 768. The maximum absolute atomic E-state index is 12.4. The number of nitrogens with zero attached hydrogens (tertiary/aromatic N) is 1. The summed E-state index contributed by atoms with van der Waals surface area (Å²) in [5, 5.41) is 2.99. The summed E-state index contributed by atoms with van der Waals surface area (Å²) in [5.41, 5.74) is 10.1. The van der Waals surface area contributed by atoms with E-state index >= 15 is 0 Å². The number of halogens is 1. The Morgan fingerprint density at radius 3 is 2.71 bits per heavy atom. The molecule has 0 radical (unpaired) electrons. The predicted molar refractivity (Wildman–Crippen MR) is 114 cm³/mol. The number of ether oxygens (including phenoxy) is 2. The number of hydrogen-bond acceptors (Lipinski definition) is 5. The average Bonchev–Trinajstić information content (AvgIpc) is 2.68. The number of nitrogens with one attached hydrogen (secondary N) is 1. The van der Waals surface area contributed by atoms with Crippen LogP contribution in [0, 0.1) is 0 Å². The Morgan fingerprint density at radius 1 is 1.18 bits per heavy atom. The van der Waals surface area contributed by atoms with Gasteiger partial charge in [-0.1, -0.05) is 18.2 Å². The number of nitrogen functional groups attached to an aromatic ring is 1. The van der Waals surface area contributed by atoms with E-state index in [-0.39, 0.29) is 18.3 Å². The number of nitrogens with two attached hydrogens (primary N) is 1. The molecule has 0 bridgehead atoms. The summed E-state index contributed by atoms with van der Waals surface area (Å²) < 4.78 is 10.5. The maximum atomic E-state index is 12.4. The van der Waals surface area contributed by atoms with Crippen molar-refractivity contribution in [2.75, 3.05) is 44.0 Å². The molecule has 2 aromatic rings. The van der Waals surface area contributed by atoms with E-state index in [9.17, 15) is 4.79 Å². The van der Waals surface area contributed by atoms with Gasteiger partial charge in [-0.3, -0.25) is 4.79 Å². The van der Waals surface area contributed by atoms with Crippen molar-refractivity contribution >= 4 is 29.7 Å². The third-order valence-electron chi connectivity index (χ3n) is 4.69. The highest BCUT2D eigenvalue weighted by Gasteiger charge is 2.20. The molecule has 2 aromatic carbocycles. The maximum Gasteiger partial charge on any atom is 0.239 e. The molecular weight excluding hydrogens is 378 g/mol. The largest absolute Gasteiger partial charge is 0.491 e. The van der Waals surface area contributed by atoms with Crippen molar-refractivity contribution in [3.63, 3.8) is 0 Å². The molecule has 1 aliphatic heterocycles. The molecular formula is C21H28ClN3O3. The molecule has 0 fully saturated rings. The minimum Gasteiger partial charge on any atom is -0.491 e. The number of carbonyl (C=O) groups is 1. The highest BCUT2D eigenvalue weighted by molar-refractivity contribution is 5.85. The van der Waals surface area contributed by atoms with Gasteiger partial charge in [-0.15, -0.1) is 12.4 Å². The second-order valence-electron chi connectivity index (χ2n) is 6.63. The summed E-state index contributed by atoms with van der Waals surface area (Å²) in [5.74, 6) is 0.801. The van der Waals surface area contributed by atoms with Gasteiger partial charge in [-0.2, -0.15) is 0 Å². The van der Waals surface area contributed by atoms with Crippen LogP contribution < -0.4 is 20.7 Å². The summed E-state index contributed by atoms with van der Waals surface area (Å²) in [4.78, 5) is 14.5. The molecule has 1 aliphatic rings. The van der Waals surface area contributed by atoms with Crippen LogP contribution in [0.4, 0.5) is 11.4 Å². The van der Waals surface area contributed by atoms with Crippen molar-refractivity contribution in [3.8, 4) is 5.75 Å². The van der Waals surface area contributed by atoms with E-state index in [1.54, 1.807) is 7.11 Å². The Kier molecular flexibility index (Phi) is 8.42. The highest BCUT2D eigenvalue weighted by atomic mass is 35.5. The summed E-state index contributed by atoms with van der Waals surface area (Å²) in [6.07, 6.45) is 1.98. The smallest absolute Gasteiger partial charge is 0.239 e. The Hall–Kier alpha value is -2.44. The second-order valence-corrected chi connectivity index (χ2v) is 6.63. The molecule has 0 atom stereocenters. The van der Waals surface area contributed by atoms with Gasteiger partial charge in [-0.25, -0.2) is 0 Å². The molecule has 6 nitrogen and oxygen atoms in total. The molecule has 0 aliphatic carbocycles. The first-order valence-corrected chi connectivity index (χ1v) is 9.27. The van der Waals surface area contributed by atoms with E-state index in [1.165, 1.54) is 0 Å². The van der Waals surface area contributed by atoms with Gasteiger partial charge in [0.1, 0.15) is 12.4 Å². The van der Waals surface area contributed by atoms with Gasteiger partial charge in [0.05, 0.1) is 13.2 Å². The van der Waals surface area contributed by atoms with Crippen molar-refractivity contribution in [1.29, 1.82) is 0 Å². The molecule has 0 unspecified atom stereocenters. The fourth-order valence-corrected chi connectivity index (χ4v) is 3.27. The lowest BCUT2D eigenvalue weighted by Gasteiger charge is -2.31. The van der Waals surface area contributed by atoms with Crippen LogP contribution >= 0.6 is 12.4 Å². The van der Waals surface area contributed by atoms with E-state index in [0.29, 0.717) is 26.3 Å². The van der Waals surface area contributed by atoms with E-state index < -0.39 is 0 Å². The third kappa shape index (κ3) is 5.78. The fourth-order valence-electron chi connectivity index (χ4n) is 3.27. The molecule has 28 heavy (non-hydrogen) atoms. The molecule has 0 aromatic heterocycles. The first-order valence-electron chi connectivity index (χ1n) is 9.27. The van der Waals surface area contributed by atoms with Crippen molar-refractivity contribution < 1.29 is 14.3 Å². The minimum atomic E-state index is 0. The van der Waals surface area contributed by atoms with Crippen LogP contribution in [-0.2, 0) is 22.5 Å². The number of hydrogen-bond donors (Lipinski definition) is 2. The molecule has 0 saturated carbocycles. The summed E-state index contributed by atoms with van der Waals surface area (Å²) >= 11 is 0. The lowest BCUT2D eigenvalue weighted by Crippen LogP contribution is -2.39. The topological polar surface area (TPSA) is 76.8 Å². The normalized spacial score (nSPS) is 12.7. The molecule has 1 heterocycles. The van der Waals surface area contributed by atoms with Gasteiger partial charge in [0.2, 0.25) is 5.91 Å². The van der Waals surface area contributed by atoms with Crippen LogP contribution in [0.3, 0.4) is 0 Å². The second kappa shape index (κ2) is 10.8. The van der Waals surface area contributed by atoms with Crippen LogP contribution in [0.2, 0.25) is 0 Å². The average molecular weight is 406 g/mol. The van der Waals surface area contributed by atoms with Crippen LogP contribution in [0.5, 0.6) is 5.75 Å². The number of rotatable bonds is 8. The summed E-state index contributed by atoms with van der Waals surface area (Å²) in [7, 11) is 1.65. The third-order valence-corrected chi connectivity index (χ3v) is 4.69. The molecule has 1 amide bonds. The number of benzene rings is 2. The van der Waals surface area contributed by atoms with E-state index in [0.717, 1.165) is 47.6 Å². The first kappa shape index (κ1) is 21.9. The predicted octanol–water partition coefficient (Wildman–Crippen LogP) is 2.78. The Labute approximate surface area is 172 Å². The molecule has 0 saturated heterocycles. The zero-order chi connectivity index (χ0) is 19.1. The van der Waals surface area contributed by atoms with Crippen LogP contribution in [0.25, 0.3) is 0 Å². The molecule has 152 valence electrons. The molecule has 0 spiro atoms. The standard InChI is InChI=1S/C21H27N3O3.ClH/c1-26-12-13-27-17-9-7-16(8-10-17)14-23-21(25)15-24-11-3-4-18-19(22)5-2-6-20(18)24;/h2,5-10H,3-4,11-15,22H2,1H3,(H,23,25);1H. The zero-order valence-electron chi connectivity index (χ0n) is 16.1. The molecule has 3 rings (SSSR count). The van der Waals surface area contributed by atoms with Crippen molar-refractivity contribution in [2.45, 2.75) is 19.4 Å². The Morgan fingerprint density at radius 2 is 1.96 bits per heavy atom. The van der Waals surface area contributed by atoms with Crippen LogP contribution in [0.15, 0.2) is 42.5 Å². The first-order chi connectivity index (χ1) is 13.2. The van der Waals surface area contributed by atoms with Crippen molar-refractivity contribution in [3.05, 3.63) is 53.6 Å². The van der Waals surface area contributed by atoms with Gasteiger partial charge in [0.15, 0.2) is 0 Å². The number of carbonyl (C=O) groups excluding carboxylic acids is 1. The van der Waals surface area contributed by atoms with Crippen LogP contribution in [0.1, 0.15) is 17.5 Å². The van der Waals surface area contributed by atoms with Gasteiger partial charge in [0.25, 0.3) is 0 Å². The van der Waals surface area contributed by atoms with E-state index in [4.69, 9.17) is 15.2 Å². The van der Waals surface area contributed by atoms with Crippen molar-refractivity contribution in [1.82, 2.24) is 5.32 Å². The number of fused-ring (bicyclic) bond motifs is 1. The highest BCUT2D eigenvalue weighted by Crippen LogP contribution is 2.30. The Balaban J connectivity index is 0.00000280. The van der Waals surface area contributed by atoms with Gasteiger partial charge < -0.3 is 25.4 Å². The molecule has 7 heteroatoms. The number of methoxy groups -OCH3 is 1. The van der Waals surface area contributed by atoms with Crippen LogP contribution in [-0.4, -0.2) is 39.3 Å². The number of anilines is 2. The lowest BCUT2D eigenvalue weighted by molar-refractivity contribution is -0.119. The van der Waals surface area contributed by atoms with E-state index in [2.05, 4.69) is 10.2 Å². The zero-order valence-corrected chi connectivity index (χ0v) is 17.0. The van der Waals surface area contributed by atoms with Gasteiger partial charge in [-0.05, 0) is 48.2 Å². The summed E-state index contributed by atoms with van der Waals surface area (Å²) in [6, 6.07) is 13.6. The van der Waals surface area contributed by atoms with Crippen molar-refractivity contribution in [2.24, 2.45) is 0 Å². The quantitative estimate of drug-likeness (QED) is 0.521. The van der Waals surface area contributed by atoms with E-state index in [1.807, 2.05) is 42.5 Å². The van der Waals surface area contributed by atoms with Gasteiger partial charge in [0, 0.05) is 31.6 Å². The minimum absolute atomic E-state index is 0.